The van der Waals surface area contributed by atoms with E-state index in [0.29, 0.717) is 0 Å². The summed E-state index contributed by atoms with van der Waals surface area (Å²) in [5, 5.41) is -0.163. The van der Waals surface area contributed by atoms with E-state index in [0.717, 1.165) is 27.0 Å². The molecule has 4 heteroatoms. The number of para-hydroxylation sites is 1. The first kappa shape index (κ1) is 14.6. The predicted molar refractivity (Wildman–Crippen MR) is 92.5 cm³/mol. The maximum Gasteiger partial charge on any atom is 0.132 e. The molecule has 0 saturated carbocycles. The predicted octanol–water partition coefficient (Wildman–Crippen LogP) is 5.70. The van der Waals surface area contributed by atoms with Crippen LogP contribution >= 0.6 is 27.5 Å². The van der Waals surface area contributed by atoms with Crippen LogP contribution in [0.3, 0.4) is 0 Å². The zero-order chi connectivity index (χ0) is 15.1. The van der Waals surface area contributed by atoms with Crippen molar-refractivity contribution in [3.63, 3.8) is 0 Å². The molecule has 0 aliphatic heterocycles. The highest BCUT2D eigenvalue weighted by atomic mass is 79.9. The number of alkyl halides is 1. The Labute approximate surface area is 137 Å². The Hall–Kier alpha value is -1.32. The van der Waals surface area contributed by atoms with Gasteiger partial charge in [0.1, 0.15) is 5.82 Å². The third-order valence-electron chi connectivity index (χ3n) is 3.67. The molecule has 1 atom stereocenters. The Bertz CT molecular complexity index is 821. The molecule has 1 heterocycles. The van der Waals surface area contributed by atoms with Gasteiger partial charge in [-0.15, -0.1) is 11.6 Å². The first-order valence-electron chi connectivity index (χ1n) is 6.88. The lowest BCUT2D eigenvalue weighted by molar-refractivity contribution is 0.878. The van der Waals surface area contributed by atoms with Crippen LogP contribution in [0.25, 0.3) is 16.7 Å². The van der Waals surface area contributed by atoms with Gasteiger partial charge < -0.3 is 0 Å². The summed E-state index contributed by atoms with van der Waals surface area (Å²) in [5.41, 5.74) is 5.56. The molecule has 0 spiro atoms. The molecule has 108 valence electrons. The van der Waals surface area contributed by atoms with Gasteiger partial charge in [0.2, 0.25) is 0 Å². The molecule has 3 rings (SSSR count). The van der Waals surface area contributed by atoms with Crippen LogP contribution in [-0.2, 0) is 0 Å². The Morgan fingerprint density at radius 1 is 1.10 bits per heavy atom. The van der Waals surface area contributed by atoms with E-state index in [4.69, 9.17) is 16.6 Å². The maximum absolute atomic E-state index is 6.38. The van der Waals surface area contributed by atoms with Crippen LogP contribution in [0, 0.1) is 13.8 Å². The van der Waals surface area contributed by atoms with Crippen molar-refractivity contribution in [1.29, 1.82) is 0 Å². The molecule has 0 fully saturated rings. The fourth-order valence-corrected chi connectivity index (χ4v) is 3.22. The minimum atomic E-state index is -0.163. The van der Waals surface area contributed by atoms with Crippen LogP contribution in [-0.4, -0.2) is 9.55 Å². The standard InChI is InChI=1S/C17H16BrClN2/c1-10-6-5-9-14(15(10)18)21-16-11(2)7-4-8-13(16)20-17(21)12(3)19/h4-9,12H,1-3H3. The highest BCUT2D eigenvalue weighted by Gasteiger charge is 2.19. The lowest BCUT2D eigenvalue weighted by Crippen LogP contribution is -2.04. The number of benzene rings is 2. The lowest BCUT2D eigenvalue weighted by Gasteiger charge is -2.14. The quantitative estimate of drug-likeness (QED) is 0.534. The van der Waals surface area contributed by atoms with Crippen LogP contribution in [0.1, 0.15) is 29.3 Å². The van der Waals surface area contributed by atoms with Crippen molar-refractivity contribution in [2.45, 2.75) is 26.1 Å². The van der Waals surface area contributed by atoms with Crippen molar-refractivity contribution in [3.05, 3.63) is 57.8 Å². The van der Waals surface area contributed by atoms with E-state index in [-0.39, 0.29) is 5.38 Å². The number of aromatic nitrogens is 2. The van der Waals surface area contributed by atoms with E-state index in [2.05, 4.69) is 58.6 Å². The van der Waals surface area contributed by atoms with E-state index < -0.39 is 0 Å². The number of imidazole rings is 1. The van der Waals surface area contributed by atoms with Crippen molar-refractivity contribution in [3.8, 4) is 5.69 Å². The summed E-state index contributed by atoms with van der Waals surface area (Å²) in [7, 11) is 0. The number of nitrogens with zero attached hydrogens (tertiary/aromatic N) is 2. The topological polar surface area (TPSA) is 17.8 Å². The molecule has 21 heavy (non-hydrogen) atoms. The first-order valence-corrected chi connectivity index (χ1v) is 8.11. The van der Waals surface area contributed by atoms with Crippen LogP contribution < -0.4 is 0 Å². The zero-order valence-corrected chi connectivity index (χ0v) is 14.5. The summed E-state index contributed by atoms with van der Waals surface area (Å²) in [6.07, 6.45) is 0. The molecule has 0 aliphatic rings. The summed E-state index contributed by atoms with van der Waals surface area (Å²) in [5.74, 6) is 0.868. The third-order valence-corrected chi connectivity index (χ3v) is 4.90. The molecule has 0 radical (unpaired) electrons. The zero-order valence-electron chi connectivity index (χ0n) is 12.2. The molecule has 0 saturated heterocycles. The molecule has 0 amide bonds. The van der Waals surface area contributed by atoms with E-state index in [1.165, 1.54) is 11.1 Å². The van der Waals surface area contributed by atoms with Crippen LogP contribution in [0.15, 0.2) is 40.9 Å². The Balaban J connectivity index is 2.45. The Kier molecular flexibility index (Phi) is 3.80. The van der Waals surface area contributed by atoms with Gasteiger partial charge in [0.15, 0.2) is 0 Å². The molecule has 2 aromatic carbocycles. The van der Waals surface area contributed by atoms with Crippen LogP contribution in [0.2, 0.25) is 0 Å². The van der Waals surface area contributed by atoms with Crippen molar-refractivity contribution in [2.24, 2.45) is 0 Å². The summed E-state index contributed by atoms with van der Waals surface area (Å²) < 4.78 is 3.24. The van der Waals surface area contributed by atoms with Crippen molar-refractivity contribution < 1.29 is 0 Å². The Morgan fingerprint density at radius 2 is 1.76 bits per heavy atom. The van der Waals surface area contributed by atoms with Gasteiger partial charge in [-0.3, -0.25) is 4.57 Å². The second kappa shape index (κ2) is 5.47. The van der Waals surface area contributed by atoms with Crippen molar-refractivity contribution >= 4 is 38.6 Å². The number of hydrogen-bond acceptors (Lipinski definition) is 1. The number of fused-ring (bicyclic) bond motifs is 1. The van der Waals surface area contributed by atoms with E-state index >= 15 is 0 Å². The summed E-state index contributed by atoms with van der Waals surface area (Å²) in [6.45, 7) is 6.15. The average Bonchev–Trinajstić information content (AvgIpc) is 2.83. The second-order valence-corrected chi connectivity index (χ2v) is 6.72. The fraction of sp³-hybridized carbons (Fsp3) is 0.235. The fourth-order valence-electron chi connectivity index (χ4n) is 2.63. The van der Waals surface area contributed by atoms with Gasteiger partial charge in [0.05, 0.1) is 22.1 Å². The molecular formula is C17H16BrClN2. The van der Waals surface area contributed by atoms with Gasteiger partial charge >= 0.3 is 0 Å². The smallest absolute Gasteiger partial charge is 0.132 e. The molecule has 2 nitrogen and oxygen atoms in total. The van der Waals surface area contributed by atoms with Crippen molar-refractivity contribution in [1.82, 2.24) is 9.55 Å². The van der Waals surface area contributed by atoms with Crippen LogP contribution in [0.5, 0.6) is 0 Å². The highest BCUT2D eigenvalue weighted by molar-refractivity contribution is 9.10. The highest BCUT2D eigenvalue weighted by Crippen LogP contribution is 2.34. The molecule has 0 N–H and O–H groups in total. The molecule has 1 unspecified atom stereocenters. The molecular weight excluding hydrogens is 348 g/mol. The number of rotatable bonds is 2. The second-order valence-electron chi connectivity index (χ2n) is 5.27. The normalized spacial score (nSPS) is 12.8. The van der Waals surface area contributed by atoms with Gasteiger partial charge in [-0.05, 0) is 60.0 Å². The van der Waals surface area contributed by atoms with Gasteiger partial charge in [-0.2, -0.15) is 0 Å². The summed E-state index contributed by atoms with van der Waals surface area (Å²) in [4.78, 5) is 4.73. The van der Waals surface area contributed by atoms with Gasteiger partial charge in [0, 0.05) is 4.47 Å². The average molecular weight is 364 g/mol. The summed E-state index contributed by atoms with van der Waals surface area (Å²) >= 11 is 10.1. The minimum Gasteiger partial charge on any atom is -0.294 e. The van der Waals surface area contributed by atoms with E-state index in [1.54, 1.807) is 0 Å². The molecule has 0 aliphatic carbocycles. The van der Waals surface area contributed by atoms with Gasteiger partial charge in [-0.25, -0.2) is 4.98 Å². The molecule has 0 bridgehead atoms. The van der Waals surface area contributed by atoms with Gasteiger partial charge in [0.25, 0.3) is 0 Å². The van der Waals surface area contributed by atoms with Crippen LogP contribution in [0.4, 0.5) is 0 Å². The monoisotopic (exact) mass is 362 g/mol. The lowest BCUT2D eigenvalue weighted by atomic mass is 10.2. The minimum absolute atomic E-state index is 0.163. The third kappa shape index (κ3) is 2.39. The van der Waals surface area contributed by atoms with Crippen molar-refractivity contribution in [2.75, 3.05) is 0 Å². The number of aryl methyl sites for hydroxylation is 2. The largest absolute Gasteiger partial charge is 0.294 e. The molecule has 1 aromatic heterocycles. The van der Waals surface area contributed by atoms with E-state index in [1.807, 2.05) is 19.1 Å². The SMILES string of the molecule is Cc1cccc(-n2c(C(C)Cl)nc3cccc(C)c32)c1Br. The van der Waals surface area contributed by atoms with Gasteiger partial charge in [-0.1, -0.05) is 24.3 Å². The first-order chi connectivity index (χ1) is 10.0. The number of hydrogen-bond donors (Lipinski definition) is 0. The van der Waals surface area contributed by atoms with E-state index in [9.17, 15) is 0 Å². The Morgan fingerprint density at radius 3 is 2.48 bits per heavy atom. The number of halogens is 2. The molecule has 3 aromatic rings. The maximum atomic E-state index is 6.38. The summed E-state index contributed by atoms with van der Waals surface area (Å²) in [6, 6.07) is 12.4.